The molecule has 0 amide bonds. The van der Waals surface area contributed by atoms with Crippen molar-refractivity contribution in [1.82, 2.24) is 0 Å². The van der Waals surface area contributed by atoms with Gasteiger partial charge in [0.2, 0.25) is 0 Å². The van der Waals surface area contributed by atoms with Crippen LogP contribution in [0.5, 0.6) is 0 Å². The van der Waals surface area contributed by atoms with Crippen molar-refractivity contribution < 1.29 is 14.6 Å². The lowest BCUT2D eigenvalue weighted by molar-refractivity contribution is -0.163. The molecule has 8 atom stereocenters. The first-order chi connectivity index (χ1) is 12.2. The molecule has 0 aromatic carbocycles. The fourth-order valence-electron chi connectivity index (χ4n) is 7.81. The van der Waals surface area contributed by atoms with Gasteiger partial charge in [-0.3, -0.25) is 4.79 Å². The van der Waals surface area contributed by atoms with Gasteiger partial charge in [-0.2, -0.15) is 0 Å². The molecular weight excluding hydrogens is 324 g/mol. The molecule has 26 heavy (non-hydrogen) atoms. The highest BCUT2D eigenvalue weighted by Crippen LogP contribution is 2.68. The van der Waals surface area contributed by atoms with Gasteiger partial charge in [0, 0.05) is 12.3 Å². The summed E-state index contributed by atoms with van der Waals surface area (Å²) in [6.07, 6.45) is 15.7. The SMILES string of the molecule is C#C[C@@]1(O)CC[C@H]2[C@@H]3CC[C@H]4C[C@H](OC(C)=O)CC[C@]4(C)[C@H]3CC[C@@]21C. The summed E-state index contributed by atoms with van der Waals surface area (Å²) >= 11 is 0. The third kappa shape index (κ3) is 2.40. The predicted octanol–water partition coefficient (Wildman–Crippen LogP) is 4.33. The molecule has 0 heterocycles. The minimum atomic E-state index is -0.909. The van der Waals surface area contributed by atoms with Gasteiger partial charge in [-0.1, -0.05) is 19.8 Å². The predicted molar refractivity (Wildman–Crippen MR) is 101 cm³/mol. The summed E-state index contributed by atoms with van der Waals surface area (Å²) in [4.78, 5) is 11.4. The lowest BCUT2D eigenvalue weighted by Crippen LogP contribution is -2.56. The van der Waals surface area contributed by atoms with Crippen molar-refractivity contribution in [2.24, 2.45) is 34.5 Å². The van der Waals surface area contributed by atoms with Crippen LogP contribution in [-0.2, 0) is 9.53 Å². The minimum absolute atomic E-state index is 0.110. The molecule has 0 aromatic rings. The third-order valence-corrected chi connectivity index (χ3v) is 9.34. The van der Waals surface area contributed by atoms with Crippen molar-refractivity contribution in [3.8, 4) is 12.3 Å². The molecule has 3 nitrogen and oxygen atoms in total. The van der Waals surface area contributed by atoms with Gasteiger partial charge in [-0.25, -0.2) is 0 Å². The molecule has 3 heteroatoms. The van der Waals surface area contributed by atoms with E-state index < -0.39 is 5.60 Å². The van der Waals surface area contributed by atoms with Crippen LogP contribution in [-0.4, -0.2) is 22.8 Å². The number of ether oxygens (including phenoxy) is 1. The second-order valence-electron chi connectivity index (χ2n) is 10.2. The van der Waals surface area contributed by atoms with E-state index in [1.807, 2.05) is 0 Å². The number of esters is 1. The first kappa shape index (κ1) is 18.4. The van der Waals surface area contributed by atoms with E-state index in [0.29, 0.717) is 23.2 Å². The van der Waals surface area contributed by atoms with Crippen LogP contribution in [0.2, 0.25) is 0 Å². The second kappa shape index (κ2) is 5.99. The van der Waals surface area contributed by atoms with Gasteiger partial charge in [0.05, 0.1) is 0 Å². The van der Waals surface area contributed by atoms with Gasteiger partial charge < -0.3 is 9.84 Å². The van der Waals surface area contributed by atoms with Crippen LogP contribution < -0.4 is 0 Å². The van der Waals surface area contributed by atoms with Crippen molar-refractivity contribution in [3.63, 3.8) is 0 Å². The molecule has 4 saturated carbocycles. The maximum absolute atomic E-state index is 11.4. The number of aliphatic hydroxyl groups is 1. The second-order valence-corrected chi connectivity index (χ2v) is 10.2. The molecule has 1 N–H and O–H groups in total. The van der Waals surface area contributed by atoms with Crippen LogP contribution in [0.1, 0.15) is 78.6 Å². The van der Waals surface area contributed by atoms with Crippen LogP contribution in [0.3, 0.4) is 0 Å². The van der Waals surface area contributed by atoms with E-state index in [2.05, 4.69) is 19.8 Å². The number of fused-ring (bicyclic) bond motifs is 5. The lowest BCUT2D eigenvalue weighted by Gasteiger charge is -2.61. The fraction of sp³-hybridized carbons (Fsp3) is 0.870. The van der Waals surface area contributed by atoms with Gasteiger partial charge >= 0.3 is 5.97 Å². The summed E-state index contributed by atoms with van der Waals surface area (Å²) in [6, 6.07) is 0. The molecule has 0 bridgehead atoms. The highest BCUT2D eigenvalue weighted by molar-refractivity contribution is 5.66. The summed E-state index contributed by atoms with van der Waals surface area (Å²) in [5, 5.41) is 11.1. The first-order valence-corrected chi connectivity index (χ1v) is 10.6. The van der Waals surface area contributed by atoms with E-state index >= 15 is 0 Å². The Balaban J connectivity index is 1.56. The average molecular weight is 359 g/mol. The molecule has 0 saturated heterocycles. The zero-order chi connectivity index (χ0) is 18.7. The fourth-order valence-corrected chi connectivity index (χ4v) is 7.81. The zero-order valence-corrected chi connectivity index (χ0v) is 16.6. The third-order valence-electron chi connectivity index (χ3n) is 9.34. The summed E-state index contributed by atoms with van der Waals surface area (Å²) < 4.78 is 5.55. The van der Waals surface area contributed by atoms with E-state index in [4.69, 9.17) is 11.2 Å². The molecular formula is C23H34O3. The van der Waals surface area contributed by atoms with Gasteiger partial charge in [0.1, 0.15) is 11.7 Å². The van der Waals surface area contributed by atoms with Crippen LogP contribution in [0.15, 0.2) is 0 Å². The number of rotatable bonds is 1. The monoisotopic (exact) mass is 358 g/mol. The molecule has 4 rings (SSSR count). The van der Waals surface area contributed by atoms with Crippen molar-refractivity contribution in [1.29, 1.82) is 0 Å². The largest absolute Gasteiger partial charge is 0.463 e. The number of hydrogen-bond donors (Lipinski definition) is 1. The first-order valence-electron chi connectivity index (χ1n) is 10.6. The van der Waals surface area contributed by atoms with Crippen LogP contribution in [0.25, 0.3) is 0 Å². The molecule has 0 radical (unpaired) electrons. The van der Waals surface area contributed by atoms with E-state index in [0.717, 1.165) is 38.0 Å². The van der Waals surface area contributed by atoms with Crippen molar-refractivity contribution in [3.05, 3.63) is 0 Å². The standard InChI is InChI=1S/C23H34O3/c1-5-23(25)13-10-20-18-7-6-16-14-17(26-15(2)24)8-11-21(16,3)19(18)9-12-22(20,23)4/h1,16-20,25H,6-14H2,2-4H3/t16-,17+,18+,19-,20-,21-,22-,23+/m0/s1. The highest BCUT2D eigenvalue weighted by Gasteiger charge is 2.64. The van der Waals surface area contributed by atoms with E-state index in [1.165, 1.54) is 32.6 Å². The molecule has 0 aliphatic heterocycles. The number of carbonyl (C=O) groups excluding carboxylic acids is 1. The zero-order valence-electron chi connectivity index (χ0n) is 16.6. The van der Waals surface area contributed by atoms with Gasteiger partial charge in [0.25, 0.3) is 0 Å². The highest BCUT2D eigenvalue weighted by atomic mass is 16.5. The Bertz CT molecular complexity index is 636. The van der Waals surface area contributed by atoms with Crippen LogP contribution in [0, 0.1) is 46.8 Å². The minimum Gasteiger partial charge on any atom is -0.463 e. The Morgan fingerprint density at radius 3 is 2.50 bits per heavy atom. The van der Waals surface area contributed by atoms with Crippen LogP contribution >= 0.6 is 0 Å². The molecule has 4 fully saturated rings. The van der Waals surface area contributed by atoms with E-state index in [1.54, 1.807) is 0 Å². The summed E-state index contributed by atoms with van der Waals surface area (Å²) in [6.45, 7) is 6.29. The molecule has 0 aromatic heterocycles. The van der Waals surface area contributed by atoms with Gasteiger partial charge in [-0.15, -0.1) is 6.42 Å². The molecule has 4 aliphatic rings. The Morgan fingerprint density at radius 1 is 1.08 bits per heavy atom. The Hall–Kier alpha value is -1.01. The number of hydrogen-bond acceptors (Lipinski definition) is 3. The Labute approximate surface area is 158 Å². The number of terminal acetylenes is 1. The van der Waals surface area contributed by atoms with Crippen LogP contribution in [0.4, 0.5) is 0 Å². The quantitative estimate of drug-likeness (QED) is 0.561. The average Bonchev–Trinajstić information content (AvgIpc) is 2.87. The molecule has 0 unspecified atom stereocenters. The maximum atomic E-state index is 11.4. The summed E-state index contributed by atoms with van der Waals surface area (Å²) in [5.74, 6) is 5.29. The Kier molecular flexibility index (Phi) is 4.23. The van der Waals surface area contributed by atoms with Gasteiger partial charge in [-0.05, 0) is 86.9 Å². The molecule has 4 aliphatic carbocycles. The van der Waals surface area contributed by atoms with Crippen molar-refractivity contribution in [2.75, 3.05) is 0 Å². The van der Waals surface area contributed by atoms with E-state index in [9.17, 15) is 9.90 Å². The van der Waals surface area contributed by atoms with E-state index in [-0.39, 0.29) is 17.5 Å². The van der Waals surface area contributed by atoms with Crippen molar-refractivity contribution >= 4 is 5.97 Å². The summed E-state index contributed by atoms with van der Waals surface area (Å²) in [7, 11) is 0. The normalized spacial score (nSPS) is 53.0. The molecule has 0 spiro atoms. The van der Waals surface area contributed by atoms with Gasteiger partial charge in [0.15, 0.2) is 0 Å². The number of carbonyl (C=O) groups is 1. The molecule has 144 valence electrons. The lowest BCUT2D eigenvalue weighted by atomic mass is 9.44. The smallest absolute Gasteiger partial charge is 0.302 e. The maximum Gasteiger partial charge on any atom is 0.302 e. The van der Waals surface area contributed by atoms with Crippen molar-refractivity contribution in [2.45, 2.75) is 90.3 Å². The summed E-state index contributed by atoms with van der Waals surface area (Å²) in [5.41, 5.74) is -0.661. The topological polar surface area (TPSA) is 46.5 Å². The Morgan fingerprint density at radius 2 is 1.81 bits per heavy atom.